The molecule has 2 heterocycles. The van der Waals surface area contributed by atoms with Crippen molar-refractivity contribution < 1.29 is 0 Å². The van der Waals surface area contributed by atoms with Crippen LogP contribution in [0.1, 0.15) is 5.01 Å². The number of aromatic nitrogens is 1. The van der Waals surface area contributed by atoms with Crippen LogP contribution >= 0.6 is 23.1 Å². The number of hydrogen-bond donors (Lipinski definition) is 2. The molecule has 0 spiro atoms. The van der Waals surface area contributed by atoms with Gasteiger partial charge in [0.05, 0.1) is 26.6 Å². The largest absolute Gasteiger partial charge is 0.397 e. The summed E-state index contributed by atoms with van der Waals surface area (Å²) in [4.78, 5) is 7.03. The highest BCUT2D eigenvalue weighted by molar-refractivity contribution is 7.99. The van der Waals surface area contributed by atoms with E-state index in [0.717, 1.165) is 35.0 Å². The first-order chi connectivity index (χ1) is 9.72. The number of nitrogen functional groups attached to an aromatic ring is 1. The smallest absolute Gasteiger partial charge is 0.0907 e. The molecule has 108 valence electrons. The first-order valence-electron chi connectivity index (χ1n) is 6.93. The summed E-state index contributed by atoms with van der Waals surface area (Å²) in [5, 5.41) is 4.54. The highest BCUT2D eigenvalue weighted by Gasteiger charge is 2.10. The molecule has 0 bridgehead atoms. The molecular formula is C14H20N4S2. The Hall–Kier alpha value is -0.980. The number of fused-ring (bicyclic) bond motifs is 1. The van der Waals surface area contributed by atoms with Crippen molar-refractivity contribution in [3.05, 3.63) is 17.1 Å². The molecule has 1 saturated heterocycles. The molecule has 1 aliphatic rings. The lowest BCUT2D eigenvalue weighted by molar-refractivity contribution is 0.314. The van der Waals surface area contributed by atoms with Crippen molar-refractivity contribution in [3.63, 3.8) is 0 Å². The third-order valence-corrected chi connectivity index (χ3v) is 5.39. The lowest BCUT2D eigenvalue weighted by Gasteiger charge is -2.26. The van der Waals surface area contributed by atoms with E-state index in [9.17, 15) is 0 Å². The molecule has 3 rings (SSSR count). The van der Waals surface area contributed by atoms with E-state index < -0.39 is 0 Å². The van der Waals surface area contributed by atoms with Gasteiger partial charge in [-0.3, -0.25) is 4.90 Å². The summed E-state index contributed by atoms with van der Waals surface area (Å²) in [6.07, 6.45) is 0. The quantitative estimate of drug-likeness (QED) is 0.851. The third kappa shape index (κ3) is 3.19. The number of thiazole rings is 1. The Balaban J connectivity index is 1.62. The highest BCUT2D eigenvalue weighted by Crippen LogP contribution is 2.29. The first-order valence-corrected chi connectivity index (χ1v) is 8.90. The number of rotatable bonds is 4. The number of benzene rings is 1. The zero-order valence-corrected chi connectivity index (χ0v) is 13.3. The molecule has 4 nitrogen and oxygen atoms in total. The molecule has 2 aromatic rings. The Bertz CT molecular complexity index is 590. The normalized spacial score (nSPS) is 16.6. The minimum atomic E-state index is 0.815. The number of hydrogen-bond acceptors (Lipinski definition) is 6. The van der Waals surface area contributed by atoms with Crippen LogP contribution in [-0.4, -0.2) is 47.6 Å². The van der Waals surface area contributed by atoms with Crippen molar-refractivity contribution in [1.82, 2.24) is 9.88 Å². The van der Waals surface area contributed by atoms with Gasteiger partial charge in [0.1, 0.15) is 0 Å². The van der Waals surface area contributed by atoms with Crippen LogP contribution in [0.2, 0.25) is 0 Å². The lowest BCUT2D eigenvalue weighted by Crippen LogP contribution is -2.36. The van der Waals surface area contributed by atoms with Crippen LogP contribution in [0.4, 0.5) is 11.4 Å². The van der Waals surface area contributed by atoms with Gasteiger partial charge in [-0.15, -0.1) is 11.3 Å². The van der Waals surface area contributed by atoms with Gasteiger partial charge in [0, 0.05) is 37.7 Å². The average molecular weight is 308 g/mol. The Labute approximate surface area is 127 Å². The fourth-order valence-electron chi connectivity index (χ4n) is 2.43. The molecule has 20 heavy (non-hydrogen) atoms. The van der Waals surface area contributed by atoms with E-state index in [4.69, 9.17) is 5.73 Å². The lowest BCUT2D eigenvalue weighted by atomic mass is 10.2. The maximum Gasteiger partial charge on any atom is 0.0907 e. The van der Waals surface area contributed by atoms with Gasteiger partial charge in [-0.25, -0.2) is 4.98 Å². The number of aryl methyl sites for hydroxylation is 1. The summed E-state index contributed by atoms with van der Waals surface area (Å²) in [5.74, 6) is 2.51. The van der Waals surface area contributed by atoms with E-state index in [0.29, 0.717) is 0 Å². The van der Waals surface area contributed by atoms with Gasteiger partial charge in [0.2, 0.25) is 0 Å². The van der Waals surface area contributed by atoms with Crippen molar-refractivity contribution in [1.29, 1.82) is 0 Å². The predicted molar refractivity (Wildman–Crippen MR) is 91.0 cm³/mol. The van der Waals surface area contributed by atoms with Crippen molar-refractivity contribution >= 4 is 44.7 Å². The first kappa shape index (κ1) is 14.0. The van der Waals surface area contributed by atoms with Gasteiger partial charge in [-0.05, 0) is 19.1 Å². The van der Waals surface area contributed by atoms with Gasteiger partial charge in [-0.2, -0.15) is 11.8 Å². The maximum atomic E-state index is 6.11. The molecule has 1 fully saturated rings. The molecular weight excluding hydrogens is 288 g/mol. The van der Waals surface area contributed by atoms with Crippen molar-refractivity contribution in [2.75, 3.05) is 48.7 Å². The van der Waals surface area contributed by atoms with E-state index in [1.54, 1.807) is 11.3 Å². The zero-order chi connectivity index (χ0) is 13.9. The topological polar surface area (TPSA) is 54.2 Å². The highest BCUT2D eigenvalue weighted by atomic mass is 32.2. The second-order valence-corrected chi connectivity index (χ2v) is 7.48. The van der Waals surface area contributed by atoms with E-state index in [-0.39, 0.29) is 0 Å². The molecule has 0 radical (unpaired) electrons. The SMILES string of the molecule is Cc1nc2cc(NCCN3CCSCC3)c(N)cc2s1. The molecule has 1 aromatic heterocycles. The Kier molecular flexibility index (Phi) is 4.33. The molecule has 0 aliphatic carbocycles. The van der Waals surface area contributed by atoms with Crippen molar-refractivity contribution in [2.24, 2.45) is 0 Å². The molecule has 0 atom stereocenters. The molecule has 1 aromatic carbocycles. The number of thioether (sulfide) groups is 1. The fourth-order valence-corrected chi connectivity index (χ4v) is 4.27. The number of nitrogens with one attached hydrogen (secondary N) is 1. The Morgan fingerprint density at radius 1 is 1.35 bits per heavy atom. The van der Waals surface area contributed by atoms with Crippen LogP contribution in [0.25, 0.3) is 10.2 Å². The van der Waals surface area contributed by atoms with Gasteiger partial charge in [0.25, 0.3) is 0 Å². The van der Waals surface area contributed by atoms with Crippen LogP contribution in [0.5, 0.6) is 0 Å². The molecule has 3 N–H and O–H groups in total. The van der Waals surface area contributed by atoms with Crippen LogP contribution in [0.15, 0.2) is 12.1 Å². The Morgan fingerprint density at radius 2 is 2.15 bits per heavy atom. The molecule has 0 saturated carbocycles. The Morgan fingerprint density at radius 3 is 2.95 bits per heavy atom. The molecule has 1 aliphatic heterocycles. The number of anilines is 2. The summed E-state index contributed by atoms with van der Waals surface area (Å²) >= 11 is 3.74. The minimum absolute atomic E-state index is 0.815. The van der Waals surface area contributed by atoms with Crippen LogP contribution in [-0.2, 0) is 0 Å². The van der Waals surface area contributed by atoms with Crippen LogP contribution in [0, 0.1) is 6.92 Å². The summed E-state index contributed by atoms with van der Waals surface area (Å²) in [5.41, 5.74) is 8.98. The van der Waals surface area contributed by atoms with E-state index in [1.165, 1.54) is 29.3 Å². The summed E-state index contributed by atoms with van der Waals surface area (Å²) < 4.78 is 1.17. The summed E-state index contributed by atoms with van der Waals surface area (Å²) in [6.45, 7) is 6.44. The van der Waals surface area contributed by atoms with E-state index in [1.807, 2.05) is 24.8 Å². The van der Waals surface area contributed by atoms with Crippen LogP contribution < -0.4 is 11.1 Å². The standard InChI is InChI=1S/C14H20N4S2/c1-10-17-13-9-12(11(15)8-14(13)20-10)16-2-3-18-4-6-19-7-5-18/h8-9,16H,2-7,15H2,1H3. The summed E-state index contributed by atoms with van der Waals surface area (Å²) in [7, 11) is 0. The van der Waals surface area contributed by atoms with E-state index >= 15 is 0 Å². The monoisotopic (exact) mass is 308 g/mol. The molecule has 0 unspecified atom stereocenters. The van der Waals surface area contributed by atoms with Crippen molar-refractivity contribution in [2.45, 2.75) is 6.92 Å². The molecule has 0 amide bonds. The van der Waals surface area contributed by atoms with Gasteiger partial charge >= 0.3 is 0 Å². The zero-order valence-electron chi connectivity index (χ0n) is 11.7. The van der Waals surface area contributed by atoms with Gasteiger partial charge < -0.3 is 11.1 Å². The van der Waals surface area contributed by atoms with Gasteiger partial charge in [-0.1, -0.05) is 0 Å². The predicted octanol–water partition coefficient (Wildman–Crippen LogP) is 2.65. The second-order valence-electron chi connectivity index (χ2n) is 5.02. The van der Waals surface area contributed by atoms with Crippen LogP contribution in [0.3, 0.4) is 0 Å². The number of nitrogens with two attached hydrogens (primary N) is 1. The summed E-state index contributed by atoms with van der Waals surface area (Å²) in [6, 6.07) is 4.10. The number of nitrogens with zero attached hydrogens (tertiary/aromatic N) is 2. The van der Waals surface area contributed by atoms with Crippen molar-refractivity contribution in [3.8, 4) is 0 Å². The molecule has 6 heteroatoms. The maximum absolute atomic E-state index is 6.11. The minimum Gasteiger partial charge on any atom is -0.397 e. The van der Waals surface area contributed by atoms with Gasteiger partial charge in [0.15, 0.2) is 0 Å². The second kappa shape index (κ2) is 6.20. The fraction of sp³-hybridized carbons (Fsp3) is 0.500. The third-order valence-electron chi connectivity index (χ3n) is 3.51. The van der Waals surface area contributed by atoms with E-state index in [2.05, 4.69) is 21.3 Å². The average Bonchev–Trinajstić information content (AvgIpc) is 2.79.